The number of hydrogen-bond acceptors (Lipinski definition) is 4. The first-order valence-corrected chi connectivity index (χ1v) is 8.95. The summed E-state index contributed by atoms with van der Waals surface area (Å²) in [6, 6.07) is 10.7. The van der Waals surface area contributed by atoms with E-state index in [-0.39, 0.29) is 0 Å². The topological polar surface area (TPSA) is 52.6 Å². The lowest BCUT2D eigenvalue weighted by Gasteiger charge is -2.18. The van der Waals surface area contributed by atoms with Gasteiger partial charge in [-0.3, -0.25) is 4.99 Å². The van der Waals surface area contributed by atoms with Crippen molar-refractivity contribution in [1.29, 1.82) is 0 Å². The molecule has 0 aliphatic carbocycles. The molecule has 0 aromatic carbocycles. The van der Waals surface area contributed by atoms with Crippen molar-refractivity contribution in [2.75, 3.05) is 26.0 Å². The van der Waals surface area contributed by atoms with Crippen molar-refractivity contribution in [1.82, 2.24) is 15.6 Å². The molecule has 6 heteroatoms. The van der Waals surface area contributed by atoms with Gasteiger partial charge >= 0.3 is 0 Å². The molecule has 24 heavy (non-hydrogen) atoms. The van der Waals surface area contributed by atoms with Gasteiger partial charge in [-0.1, -0.05) is 6.07 Å². The summed E-state index contributed by atoms with van der Waals surface area (Å²) >= 11 is 1.85. The fourth-order valence-corrected chi connectivity index (χ4v) is 3.38. The summed E-state index contributed by atoms with van der Waals surface area (Å²) in [5, 5.41) is 6.77. The van der Waals surface area contributed by atoms with Gasteiger partial charge in [0.15, 0.2) is 5.96 Å². The number of nitrogens with one attached hydrogen (secondary N) is 2. The Morgan fingerprint density at radius 1 is 1.29 bits per heavy atom. The molecule has 130 valence electrons. The molecular formula is C18H27N5S. The van der Waals surface area contributed by atoms with Crippen LogP contribution in [0.1, 0.15) is 22.4 Å². The monoisotopic (exact) mass is 345 g/mol. The zero-order chi connectivity index (χ0) is 17.5. The van der Waals surface area contributed by atoms with Crippen molar-refractivity contribution in [2.24, 2.45) is 4.99 Å². The largest absolute Gasteiger partial charge is 0.363 e. The van der Waals surface area contributed by atoms with Crippen LogP contribution < -0.4 is 15.5 Å². The third-order valence-corrected chi connectivity index (χ3v) is 4.62. The number of aromatic nitrogens is 1. The molecule has 1 unspecified atom stereocenters. The van der Waals surface area contributed by atoms with Gasteiger partial charge in [0, 0.05) is 43.4 Å². The van der Waals surface area contributed by atoms with Crippen LogP contribution in [-0.2, 0) is 13.0 Å². The second-order valence-corrected chi connectivity index (χ2v) is 7.44. The Morgan fingerprint density at radius 3 is 2.71 bits per heavy atom. The van der Waals surface area contributed by atoms with E-state index in [0.29, 0.717) is 12.6 Å². The van der Waals surface area contributed by atoms with Crippen molar-refractivity contribution in [3.05, 3.63) is 45.8 Å². The molecule has 2 aromatic rings. The van der Waals surface area contributed by atoms with Gasteiger partial charge in [0.2, 0.25) is 0 Å². The summed E-state index contributed by atoms with van der Waals surface area (Å²) in [6.45, 7) is 4.96. The Balaban J connectivity index is 1.87. The van der Waals surface area contributed by atoms with E-state index >= 15 is 0 Å². The minimum absolute atomic E-state index is 0.315. The fourth-order valence-electron chi connectivity index (χ4n) is 2.36. The number of anilines is 1. The Bertz CT molecular complexity index is 678. The van der Waals surface area contributed by atoms with Gasteiger partial charge < -0.3 is 15.5 Å². The lowest BCUT2D eigenvalue weighted by Crippen LogP contribution is -2.42. The number of hydrogen-bond donors (Lipinski definition) is 2. The maximum Gasteiger partial charge on any atom is 0.191 e. The molecule has 2 rings (SSSR count). The van der Waals surface area contributed by atoms with Gasteiger partial charge in [0.25, 0.3) is 0 Å². The Labute approximate surface area is 148 Å². The zero-order valence-corrected chi connectivity index (χ0v) is 15.9. The first-order valence-electron chi connectivity index (χ1n) is 8.13. The molecule has 0 aliphatic rings. The summed E-state index contributed by atoms with van der Waals surface area (Å²) in [5.41, 5.74) is 0.991. The Hall–Kier alpha value is -2.08. The molecule has 0 aliphatic heterocycles. The van der Waals surface area contributed by atoms with Gasteiger partial charge in [0.1, 0.15) is 5.82 Å². The van der Waals surface area contributed by atoms with Crippen molar-refractivity contribution < 1.29 is 0 Å². The maximum atomic E-state index is 4.61. The second kappa shape index (κ2) is 8.68. The van der Waals surface area contributed by atoms with Crippen LogP contribution in [0.5, 0.6) is 0 Å². The van der Waals surface area contributed by atoms with Crippen LogP contribution in [0, 0.1) is 6.92 Å². The molecule has 2 heterocycles. The number of thiophene rings is 1. The number of pyridine rings is 1. The third kappa shape index (κ3) is 5.53. The summed E-state index contributed by atoms with van der Waals surface area (Å²) in [4.78, 5) is 13.7. The molecule has 0 spiro atoms. The molecule has 0 bridgehead atoms. The van der Waals surface area contributed by atoms with E-state index < -0.39 is 0 Å². The van der Waals surface area contributed by atoms with Crippen LogP contribution in [0.4, 0.5) is 5.82 Å². The summed E-state index contributed by atoms with van der Waals surface area (Å²) in [6.07, 6.45) is 0.994. The fraction of sp³-hybridized carbons (Fsp3) is 0.444. The average Bonchev–Trinajstić information content (AvgIpc) is 2.96. The first kappa shape index (κ1) is 18.3. The van der Waals surface area contributed by atoms with Gasteiger partial charge in [-0.25, -0.2) is 4.98 Å². The van der Waals surface area contributed by atoms with E-state index in [4.69, 9.17) is 0 Å². The summed E-state index contributed by atoms with van der Waals surface area (Å²) < 4.78 is 0. The van der Waals surface area contributed by atoms with Crippen molar-refractivity contribution in [2.45, 2.75) is 32.9 Å². The minimum Gasteiger partial charge on any atom is -0.363 e. The first-order chi connectivity index (χ1) is 11.5. The normalized spacial score (nSPS) is 12.8. The lowest BCUT2D eigenvalue weighted by atomic mass is 10.2. The predicted octanol–water partition coefficient (Wildman–Crippen LogP) is 2.81. The number of nitrogens with zero attached hydrogens (tertiary/aromatic N) is 3. The highest BCUT2D eigenvalue weighted by molar-refractivity contribution is 7.11. The van der Waals surface area contributed by atoms with Gasteiger partial charge in [-0.05, 0) is 38.1 Å². The molecule has 2 aromatic heterocycles. The van der Waals surface area contributed by atoms with Gasteiger partial charge in [0.05, 0.1) is 12.2 Å². The van der Waals surface area contributed by atoms with E-state index in [1.807, 2.05) is 48.5 Å². The van der Waals surface area contributed by atoms with E-state index in [0.717, 1.165) is 23.9 Å². The molecule has 2 N–H and O–H groups in total. The lowest BCUT2D eigenvalue weighted by molar-refractivity contribution is 0.643. The average molecular weight is 346 g/mol. The molecule has 0 fully saturated rings. The molecule has 0 saturated heterocycles. The van der Waals surface area contributed by atoms with E-state index in [1.165, 1.54) is 9.75 Å². The predicted molar refractivity (Wildman–Crippen MR) is 104 cm³/mol. The molecule has 0 amide bonds. The number of guanidine groups is 1. The Kier molecular flexibility index (Phi) is 6.61. The molecule has 0 saturated carbocycles. The quantitative estimate of drug-likeness (QED) is 0.624. The molecule has 0 radical (unpaired) electrons. The number of rotatable bonds is 6. The second-order valence-electron chi connectivity index (χ2n) is 6.07. The van der Waals surface area contributed by atoms with Crippen molar-refractivity contribution >= 4 is 23.1 Å². The standard InChI is InChI=1S/C18H27N5S/c1-13(11-16-10-9-14(2)24-16)21-18(19-3)20-12-15-7-6-8-17(22-15)23(4)5/h6-10,13H,11-12H2,1-5H3,(H2,19,20,21). The van der Waals surface area contributed by atoms with E-state index in [9.17, 15) is 0 Å². The van der Waals surface area contributed by atoms with Crippen LogP contribution in [-0.4, -0.2) is 38.1 Å². The summed E-state index contributed by atoms with van der Waals surface area (Å²) in [5.74, 6) is 1.76. The van der Waals surface area contributed by atoms with Crippen LogP contribution in [0.15, 0.2) is 35.3 Å². The maximum absolute atomic E-state index is 4.61. The minimum atomic E-state index is 0.315. The van der Waals surface area contributed by atoms with Gasteiger partial charge in [-0.15, -0.1) is 11.3 Å². The third-order valence-electron chi connectivity index (χ3n) is 3.60. The van der Waals surface area contributed by atoms with Crippen molar-refractivity contribution in [3.8, 4) is 0 Å². The highest BCUT2D eigenvalue weighted by Gasteiger charge is 2.08. The van der Waals surface area contributed by atoms with E-state index in [1.54, 1.807) is 7.05 Å². The van der Waals surface area contributed by atoms with Crippen LogP contribution in [0.3, 0.4) is 0 Å². The highest BCUT2D eigenvalue weighted by Crippen LogP contribution is 2.16. The molecule has 5 nitrogen and oxygen atoms in total. The number of aliphatic imine (C=N–C) groups is 1. The number of aryl methyl sites for hydroxylation is 1. The van der Waals surface area contributed by atoms with Crippen molar-refractivity contribution in [3.63, 3.8) is 0 Å². The van der Waals surface area contributed by atoms with Crippen LogP contribution >= 0.6 is 11.3 Å². The molecule has 1 atom stereocenters. The molecular weight excluding hydrogens is 318 g/mol. The zero-order valence-electron chi connectivity index (χ0n) is 15.1. The van der Waals surface area contributed by atoms with Crippen LogP contribution in [0.25, 0.3) is 0 Å². The smallest absolute Gasteiger partial charge is 0.191 e. The Morgan fingerprint density at radius 2 is 2.08 bits per heavy atom. The van der Waals surface area contributed by atoms with Gasteiger partial charge in [-0.2, -0.15) is 0 Å². The SMILES string of the molecule is CN=C(NCc1cccc(N(C)C)n1)NC(C)Cc1ccc(C)s1. The van der Waals surface area contributed by atoms with Crippen LogP contribution in [0.2, 0.25) is 0 Å². The highest BCUT2D eigenvalue weighted by atomic mass is 32.1. The summed E-state index contributed by atoms with van der Waals surface area (Å²) in [7, 11) is 5.78. The van der Waals surface area contributed by atoms with E-state index in [2.05, 4.69) is 46.6 Å².